The van der Waals surface area contributed by atoms with Crippen LogP contribution in [0.4, 0.5) is 0 Å². The summed E-state index contributed by atoms with van der Waals surface area (Å²) >= 11 is 4.21. The Labute approximate surface area is 83.4 Å². The highest BCUT2D eigenvalue weighted by Crippen LogP contribution is 2.27. The molecule has 0 bridgehead atoms. The molecule has 0 fully saturated rings. The monoisotopic (exact) mass is 274 g/mol. The van der Waals surface area contributed by atoms with E-state index in [1.54, 1.807) is 11.3 Å². The summed E-state index contributed by atoms with van der Waals surface area (Å²) in [6, 6.07) is 6.56. The molecule has 0 amide bonds. The predicted molar refractivity (Wildman–Crippen MR) is 59.3 cm³/mol. The minimum atomic E-state index is 1.37. The highest BCUT2D eigenvalue weighted by Gasteiger charge is 2.00. The van der Waals surface area contributed by atoms with E-state index in [4.69, 9.17) is 0 Å². The molecule has 0 saturated carbocycles. The lowest BCUT2D eigenvalue weighted by atomic mass is 10.2. The quantitative estimate of drug-likeness (QED) is 0.641. The number of benzene rings is 1. The Kier molecular flexibility index (Phi) is 1.89. The summed E-state index contributed by atoms with van der Waals surface area (Å²) in [6.07, 6.45) is 0. The summed E-state index contributed by atoms with van der Waals surface area (Å²) in [5.74, 6) is 0. The highest BCUT2D eigenvalue weighted by atomic mass is 127. The van der Waals surface area contributed by atoms with Crippen molar-refractivity contribution in [1.29, 1.82) is 0 Å². The zero-order chi connectivity index (χ0) is 7.84. The van der Waals surface area contributed by atoms with Crippen molar-refractivity contribution >= 4 is 44.0 Å². The molecule has 2 rings (SSSR count). The fourth-order valence-corrected chi connectivity index (χ4v) is 2.75. The molecule has 1 aromatic carbocycles. The van der Waals surface area contributed by atoms with Crippen molar-refractivity contribution in [3.63, 3.8) is 0 Å². The third kappa shape index (κ3) is 1.18. The Morgan fingerprint density at radius 1 is 1.27 bits per heavy atom. The second kappa shape index (κ2) is 2.75. The molecule has 0 aliphatic rings. The van der Waals surface area contributed by atoms with Crippen LogP contribution >= 0.6 is 33.9 Å². The molecule has 0 radical (unpaired) electrons. The van der Waals surface area contributed by atoms with E-state index in [-0.39, 0.29) is 0 Å². The second-order valence-electron chi connectivity index (χ2n) is 2.53. The van der Waals surface area contributed by atoms with Crippen LogP contribution in [-0.4, -0.2) is 0 Å². The maximum Gasteiger partial charge on any atom is 0.0353 e. The van der Waals surface area contributed by atoms with Crippen molar-refractivity contribution in [2.75, 3.05) is 0 Å². The van der Waals surface area contributed by atoms with Gasteiger partial charge in [0, 0.05) is 13.7 Å². The van der Waals surface area contributed by atoms with Gasteiger partial charge in [-0.3, -0.25) is 0 Å². The molecule has 56 valence electrons. The van der Waals surface area contributed by atoms with Gasteiger partial charge in [0.05, 0.1) is 0 Å². The molecule has 2 heteroatoms. The van der Waals surface area contributed by atoms with E-state index in [0.717, 1.165) is 0 Å². The number of hydrogen-bond donors (Lipinski definition) is 0. The van der Waals surface area contributed by atoms with Gasteiger partial charge in [-0.25, -0.2) is 0 Å². The Morgan fingerprint density at radius 3 is 2.91 bits per heavy atom. The average molecular weight is 274 g/mol. The summed E-state index contributed by atoms with van der Waals surface area (Å²) in [6.45, 7) is 2.15. The number of hydrogen-bond acceptors (Lipinski definition) is 1. The molecule has 1 heterocycles. The van der Waals surface area contributed by atoms with Gasteiger partial charge in [0.15, 0.2) is 0 Å². The van der Waals surface area contributed by atoms with Crippen LogP contribution in [-0.2, 0) is 0 Å². The Bertz CT molecular complexity index is 389. The molecule has 2 aromatic rings. The van der Waals surface area contributed by atoms with Gasteiger partial charge in [-0.05, 0) is 52.6 Å². The van der Waals surface area contributed by atoms with Crippen LogP contribution in [0.3, 0.4) is 0 Å². The SMILES string of the molecule is Cc1ccc2sccc2c1I. The van der Waals surface area contributed by atoms with Gasteiger partial charge >= 0.3 is 0 Å². The van der Waals surface area contributed by atoms with Gasteiger partial charge in [0.1, 0.15) is 0 Å². The maximum atomic E-state index is 2.41. The second-order valence-corrected chi connectivity index (χ2v) is 4.56. The Morgan fingerprint density at radius 2 is 2.09 bits per heavy atom. The lowest BCUT2D eigenvalue weighted by Crippen LogP contribution is -1.77. The first-order valence-electron chi connectivity index (χ1n) is 3.41. The number of aryl methyl sites for hydroxylation is 1. The van der Waals surface area contributed by atoms with Crippen molar-refractivity contribution in [2.45, 2.75) is 6.92 Å². The van der Waals surface area contributed by atoms with Crippen LogP contribution in [0.5, 0.6) is 0 Å². The fourth-order valence-electron chi connectivity index (χ4n) is 1.12. The number of fused-ring (bicyclic) bond motifs is 1. The third-order valence-electron chi connectivity index (χ3n) is 1.76. The summed E-state index contributed by atoms with van der Waals surface area (Å²) in [7, 11) is 0. The molecular weight excluding hydrogens is 267 g/mol. The van der Waals surface area contributed by atoms with E-state index < -0.39 is 0 Å². The van der Waals surface area contributed by atoms with Crippen molar-refractivity contribution in [2.24, 2.45) is 0 Å². The van der Waals surface area contributed by atoms with Gasteiger partial charge in [-0.15, -0.1) is 11.3 Å². The lowest BCUT2D eigenvalue weighted by molar-refractivity contribution is 1.47. The summed E-state index contributed by atoms with van der Waals surface area (Å²) in [5.41, 5.74) is 1.37. The maximum absolute atomic E-state index is 2.41. The van der Waals surface area contributed by atoms with Crippen LogP contribution in [0.1, 0.15) is 5.56 Å². The van der Waals surface area contributed by atoms with Crippen LogP contribution in [0, 0.1) is 10.5 Å². The minimum absolute atomic E-state index is 1.37. The van der Waals surface area contributed by atoms with Gasteiger partial charge in [0.2, 0.25) is 0 Å². The van der Waals surface area contributed by atoms with Crippen LogP contribution in [0.2, 0.25) is 0 Å². The van der Waals surface area contributed by atoms with Crippen LogP contribution in [0.15, 0.2) is 23.6 Å². The summed E-state index contributed by atoms with van der Waals surface area (Å²) < 4.78 is 2.78. The lowest BCUT2D eigenvalue weighted by Gasteiger charge is -1.97. The summed E-state index contributed by atoms with van der Waals surface area (Å²) in [5, 5.41) is 3.54. The Balaban J connectivity index is 2.93. The smallest absolute Gasteiger partial charge is 0.0353 e. The fraction of sp³-hybridized carbons (Fsp3) is 0.111. The van der Waals surface area contributed by atoms with E-state index in [9.17, 15) is 0 Å². The standard InChI is InChI=1S/C9H7IS/c1-6-2-3-8-7(9(6)10)4-5-11-8/h2-5H,1H3. The van der Waals surface area contributed by atoms with E-state index >= 15 is 0 Å². The van der Waals surface area contributed by atoms with E-state index in [0.29, 0.717) is 0 Å². The first-order valence-corrected chi connectivity index (χ1v) is 5.37. The van der Waals surface area contributed by atoms with Crippen LogP contribution < -0.4 is 0 Å². The molecule has 1 aromatic heterocycles. The third-order valence-corrected chi connectivity index (χ3v) is 4.08. The van der Waals surface area contributed by atoms with Gasteiger partial charge < -0.3 is 0 Å². The molecule has 0 atom stereocenters. The highest BCUT2D eigenvalue weighted by molar-refractivity contribution is 14.1. The molecule has 0 unspecified atom stereocenters. The topological polar surface area (TPSA) is 0 Å². The normalized spacial score (nSPS) is 10.7. The van der Waals surface area contributed by atoms with E-state index in [2.05, 4.69) is 53.1 Å². The van der Waals surface area contributed by atoms with Gasteiger partial charge in [-0.1, -0.05) is 6.07 Å². The molecule has 0 N–H and O–H groups in total. The molecular formula is C9H7IS. The molecule has 0 saturated heterocycles. The molecule has 0 nitrogen and oxygen atoms in total. The number of thiophene rings is 1. The number of halogens is 1. The predicted octanol–water partition coefficient (Wildman–Crippen LogP) is 3.81. The first kappa shape index (κ1) is 7.55. The molecule has 0 aliphatic heterocycles. The van der Waals surface area contributed by atoms with Crippen molar-refractivity contribution in [3.8, 4) is 0 Å². The zero-order valence-electron chi connectivity index (χ0n) is 6.10. The van der Waals surface area contributed by atoms with E-state index in [1.807, 2.05) is 0 Å². The summed E-state index contributed by atoms with van der Waals surface area (Å²) in [4.78, 5) is 0. The first-order chi connectivity index (χ1) is 5.29. The minimum Gasteiger partial charge on any atom is -0.144 e. The van der Waals surface area contributed by atoms with Gasteiger partial charge in [-0.2, -0.15) is 0 Å². The average Bonchev–Trinajstić information content (AvgIpc) is 2.45. The van der Waals surface area contributed by atoms with E-state index in [1.165, 1.54) is 19.2 Å². The zero-order valence-corrected chi connectivity index (χ0v) is 9.07. The molecule has 0 spiro atoms. The molecule has 0 aliphatic carbocycles. The van der Waals surface area contributed by atoms with Crippen molar-refractivity contribution in [1.82, 2.24) is 0 Å². The van der Waals surface area contributed by atoms with Gasteiger partial charge in [0.25, 0.3) is 0 Å². The van der Waals surface area contributed by atoms with Crippen molar-refractivity contribution in [3.05, 3.63) is 32.7 Å². The largest absolute Gasteiger partial charge is 0.144 e. The number of rotatable bonds is 0. The van der Waals surface area contributed by atoms with Crippen LogP contribution in [0.25, 0.3) is 10.1 Å². The molecule has 11 heavy (non-hydrogen) atoms. The Hall–Kier alpha value is -0.0900. The van der Waals surface area contributed by atoms with Crippen molar-refractivity contribution < 1.29 is 0 Å².